The van der Waals surface area contributed by atoms with Gasteiger partial charge in [0.05, 0.1) is 6.04 Å². The summed E-state index contributed by atoms with van der Waals surface area (Å²) in [7, 11) is 1.63. The van der Waals surface area contributed by atoms with Crippen LogP contribution >= 0.6 is 0 Å². The van der Waals surface area contributed by atoms with E-state index >= 15 is 0 Å². The van der Waals surface area contributed by atoms with E-state index in [4.69, 9.17) is 9.47 Å². The number of carbonyl (C=O) groups is 2. The van der Waals surface area contributed by atoms with Crippen LogP contribution in [0.25, 0.3) is 0 Å². The van der Waals surface area contributed by atoms with E-state index in [9.17, 15) is 9.59 Å². The van der Waals surface area contributed by atoms with Crippen molar-refractivity contribution in [3.8, 4) is 0 Å². The van der Waals surface area contributed by atoms with Crippen molar-refractivity contribution >= 4 is 12.0 Å². The molecule has 1 saturated heterocycles. The van der Waals surface area contributed by atoms with Crippen LogP contribution in [0.2, 0.25) is 0 Å². The zero-order valence-corrected chi connectivity index (χ0v) is 15.0. The molecule has 23 heavy (non-hydrogen) atoms. The second-order valence-corrected chi connectivity index (χ2v) is 6.83. The first-order chi connectivity index (χ1) is 10.8. The maximum absolute atomic E-state index is 12.0. The van der Waals surface area contributed by atoms with Crippen molar-refractivity contribution in [1.82, 2.24) is 15.5 Å². The van der Waals surface area contributed by atoms with Crippen LogP contribution in [0.5, 0.6) is 0 Å². The monoisotopic (exact) mass is 329 g/mol. The maximum atomic E-state index is 12.0. The number of rotatable bonds is 7. The highest BCUT2D eigenvalue weighted by Crippen LogP contribution is 2.12. The topological polar surface area (TPSA) is 79.9 Å². The molecule has 1 aliphatic heterocycles. The van der Waals surface area contributed by atoms with Crippen LogP contribution in [0.1, 0.15) is 40.5 Å². The van der Waals surface area contributed by atoms with E-state index in [-0.39, 0.29) is 18.0 Å². The third-order valence-electron chi connectivity index (χ3n) is 3.67. The van der Waals surface area contributed by atoms with E-state index in [0.717, 1.165) is 13.0 Å². The molecule has 0 radical (unpaired) electrons. The number of ether oxygens (including phenoxy) is 2. The highest BCUT2D eigenvalue weighted by atomic mass is 16.6. The van der Waals surface area contributed by atoms with Gasteiger partial charge in [-0.3, -0.25) is 9.69 Å². The van der Waals surface area contributed by atoms with Crippen LogP contribution in [-0.4, -0.2) is 67.9 Å². The quantitative estimate of drug-likeness (QED) is 0.732. The Morgan fingerprint density at radius 3 is 2.74 bits per heavy atom. The average Bonchev–Trinajstić information content (AvgIpc) is 2.43. The summed E-state index contributed by atoms with van der Waals surface area (Å²) in [5.74, 6) is 0.0570. The number of amides is 2. The zero-order valence-electron chi connectivity index (χ0n) is 15.0. The molecule has 0 aromatic carbocycles. The summed E-state index contributed by atoms with van der Waals surface area (Å²) in [4.78, 5) is 26.1. The number of methoxy groups -OCH3 is 1. The van der Waals surface area contributed by atoms with Crippen molar-refractivity contribution in [3.05, 3.63) is 0 Å². The van der Waals surface area contributed by atoms with E-state index in [1.165, 1.54) is 0 Å². The molecular formula is C16H31N3O4. The number of hydrogen-bond donors (Lipinski definition) is 2. The molecule has 0 saturated carbocycles. The first kappa shape index (κ1) is 19.7. The highest BCUT2D eigenvalue weighted by molar-refractivity contribution is 5.82. The maximum Gasteiger partial charge on any atom is 0.407 e. The average molecular weight is 329 g/mol. The Morgan fingerprint density at radius 1 is 1.48 bits per heavy atom. The lowest BCUT2D eigenvalue weighted by Gasteiger charge is -2.37. The second-order valence-electron chi connectivity index (χ2n) is 6.83. The summed E-state index contributed by atoms with van der Waals surface area (Å²) < 4.78 is 10.5. The lowest BCUT2D eigenvalue weighted by molar-refractivity contribution is -0.129. The molecule has 0 unspecified atom stereocenters. The van der Waals surface area contributed by atoms with Crippen LogP contribution in [0.3, 0.4) is 0 Å². The number of alkyl carbamates (subject to hydrolysis) is 1. The third-order valence-corrected chi connectivity index (χ3v) is 3.67. The van der Waals surface area contributed by atoms with Gasteiger partial charge in [0.25, 0.3) is 0 Å². The summed E-state index contributed by atoms with van der Waals surface area (Å²) in [6, 6.07) is -0.265. The van der Waals surface area contributed by atoms with Gasteiger partial charge in [-0.2, -0.15) is 0 Å². The Hall–Kier alpha value is -1.34. The fourth-order valence-corrected chi connectivity index (χ4v) is 2.65. The molecule has 0 bridgehead atoms. The van der Waals surface area contributed by atoms with E-state index < -0.39 is 11.7 Å². The molecule has 1 aliphatic rings. The predicted octanol–water partition coefficient (Wildman–Crippen LogP) is 1.13. The van der Waals surface area contributed by atoms with Crippen molar-refractivity contribution in [1.29, 1.82) is 0 Å². The fourth-order valence-electron chi connectivity index (χ4n) is 2.65. The van der Waals surface area contributed by atoms with E-state index in [2.05, 4.69) is 15.5 Å². The smallest absolute Gasteiger partial charge is 0.407 e. The molecule has 1 heterocycles. The Labute approximate surface area is 139 Å². The first-order valence-electron chi connectivity index (χ1n) is 8.27. The molecule has 2 atom stereocenters. The van der Waals surface area contributed by atoms with Crippen molar-refractivity contribution in [2.45, 2.75) is 58.2 Å². The number of hydrogen-bond acceptors (Lipinski definition) is 5. The Morgan fingerprint density at radius 2 is 2.17 bits per heavy atom. The predicted molar refractivity (Wildman–Crippen MR) is 88.3 cm³/mol. The Kier molecular flexibility index (Phi) is 7.78. The Balaban J connectivity index is 2.65. The molecule has 2 amide bonds. The minimum atomic E-state index is -0.535. The largest absolute Gasteiger partial charge is 0.444 e. The summed E-state index contributed by atoms with van der Waals surface area (Å²) in [5.41, 5.74) is -0.535. The van der Waals surface area contributed by atoms with Crippen LogP contribution in [0, 0.1) is 0 Å². The lowest BCUT2D eigenvalue weighted by atomic mass is 10.1. The molecule has 134 valence electrons. The molecule has 0 aliphatic carbocycles. The van der Waals surface area contributed by atoms with Gasteiger partial charge >= 0.3 is 6.09 Å². The number of piperazine rings is 1. The highest BCUT2D eigenvalue weighted by Gasteiger charge is 2.30. The molecule has 1 fully saturated rings. The molecule has 7 heteroatoms. The van der Waals surface area contributed by atoms with Gasteiger partial charge in [-0.1, -0.05) is 6.92 Å². The van der Waals surface area contributed by atoms with Crippen molar-refractivity contribution in [2.24, 2.45) is 0 Å². The normalized spacial score (nSPS) is 20.7. The summed E-state index contributed by atoms with van der Waals surface area (Å²) in [6.45, 7) is 10.1. The SMILES string of the molecule is CC[C@H]1C(=O)NCCN1C[C@H](CCOC)NC(=O)OC(C)(C)C. The number of nitrogens with one attached hydrogen (secondary N) is 2. The van der Waals surface area contributed by atoms with E-state index in [1.807, 2.05) is 27.7 Å². The van der Waals surface area contributed by atoms with Gasteiger partial charge in [0, 0.05) is 39.4 Å². The summed E-state index contributed by atoms with van der Waals surface area (Å²) >= 11 is 0. The van der Waals surface area contributed by atoms with Gasteiger partial charge in [-0.15, -0.1) is 0 Å². The minimum absolute atomic E-state index is 0.0570. The lowest BCUT2D eigenvalue weighted by Crippen LogP contribution is -2.58. The van der Waals surface area contributed by atoms with Crippen LogP contribution in [0.4, 0.5) is 4.79 Å². The molecule has 0 spiro atoms. The van der Waals surface area contributed by atoms with Crippen molar-refractivity contribution in [3.63, 3.8) is 0 Å². The summed E-state index contributed by atoms with van der Waals surface area (Å²) in [6.07, 6.45) is 0.979. The van der Waals surface area contributed by atoms with Crippen LogP contribution in [-0.2, 0) is 14.3 Å². The van der Waals surface area contributed by atoms with Gasteiger partial charge in [-0.25, -0.2) is 4.79 Å². The molecule has 0 aromatic rings. The number of carbonyl (C=O) groups excluding carboxylic acids is 2. The standard InChI is InChI=1S/C16H31N3O4/c1-6-13-14(20)17-8-9-19(13)11-12(7-10-22-5)18-15(21)23-16(2,3)4/h12-13H,6-11H2,1-5H3,(H,17,20)(H,18,21)/t12-,13-/m0/s1. The van der Waals surface area contributed by atoms with Gasteiger partial charge < -0.3 is 20.1 Å². The van der Waals surface area contributed by atoms with Gasteiger partial charge in [-0.05, 0) is 33.6 Å². The second kappa shape index (κ2) is 9.08. The molecule has 0 aromatic heterocycles. The summed E-state index contributed by atoms with van der Waals surface area (Å²) in [5, 5.41) is 5.78. The van der Waals surface area contributed by atoms with Crippen molar-refractivity contribution in [2.75, 3.05) is 33.4 Å². The molecule has 7 nitrogen and oxygen atoms in total. The Bertz CT molecular complexity index is 395. The van der Waals surface area contributed by atoms with E-state index in [0.29, 0.717) is 26.1 Å². The molecule has 2 N–H and O–H groups in total. The van der Waals surface area contributed by atoms with Gasteiger partial charge in [0.1, 0.15) is 5.60 Å². The van der Waals surface area contributed by atoms with E-state index in [1.54, 1.807) is 7.11 Å². The van der Waals surface area contributed by atoms with Crippen LogP contribution in [0.15, 0.2) is 0 Å². The minimum Gasteiger partial charge on any atom is -0.444 e. The fraction of sp³-hybridized carbons (Fsp3) is 0.875. The molecular weight excluding hydrogens is 298 g/mol. The number of nitrogens with zero attached hydrogens (tertiary/aromatic N) is 1. The van der Waals surface area contributed by atoms with Crippen molar-refractivity contribution < 1.29 is 19.1 Å². The van der Waals surface area contributed by atoms with Crippen LogP contribution < -0.4 is 10.6 Å². The third kappa shape index (κ3) is 7.18. The van der Waals surface area contributed by atoms with Gasteiger partial charge in [0.15, 0.2) is 0 Å². The van der Waals surface area contributed by atoms with Gasteiger partial charge in [0.2, 0.25) is 5.91 Å². The first-order valence-corrected chi connectivity index (χ1v) is 8.27. The molecule has 1 rings (SSSR count). The zero-order chi connectivity index (χ0) is 17.5.